The number of fused-ring (bicyclic) bond motifs is 3. The minimum atomic E-state index is -0.463. The van der Waals surface area contributed by atoms with Crippen LogP contribution in [-0.4, -0.2) is 42.1 Å². The van der Waals surface area contributed by atoms with Crippen molar-refractivity contribution in [3.8, 4) is 11.5 Å². The molecule has 172 valence electrons. The number of thioether (sulfide) groups is 1. The zero-order chi connectivity index (χ0) is 23.7. The molecule has 3 aromatic carbocycles. The van der Waals surface area contributed by atoms with Crippen LogP contribution in [0.25, 0.3) is 0 Å². The molecule has 0 spiro atoms. The summed E-state index contributed by atoms with van der Waals surface area (Å²) in [5.41, 5.74) is 3.62. The van der Waals surface area contributed by atoms with Gasteiger partial charge in [0.1, 0.15) is 11.9 Å². The Morgan fingerprint density at radius 3 is 2.35 bits per heavy atom. The van der Waals surface area contributed by atoms with Crippen molar-refractivity contribution in [2.24, 2.45) is 9.98 Å². The molecule has 3 aromatic rings. The summed E-state index contributed by atoms with van der Waals surface area (Å²) in [5, 5.41) is 1.42. The predicted octanol–water partition coefficient (Wildman–Crippen LogP) is 5.49. The van der Waals surface area contributed by atoms with Crippen molar-refractivity contribution in [3.63, 3.8) is 0 Å². The summed E-state index contributed by atoms with van der Waals surface area (Å²) >= 11 is 7.60. The number of carbonyl (C=O) groups is 1. The number of aliphatic imine (C=N–C) groups is 2. The van der Waals surface area contributed by atoms with E-state index in [4.69, 9.17) is 26.1 Å². The average molecular weight is 492 g/mol. The monoisotopic (exact) mass is 491 g/mol. The highest BCUT2D eigenvalue weighted by Gasteiger charge is 2.42. The van der Waals surface area contributed by atoms with Crippen LogP contribution in [-0.2, 0) is 17.0 Å². The van der Waals surface area contributed by atoms with Crippen LogP contribution in [0.2, 0.25) is 5.02 Å². The average Bonchev–Trinajstić information content (AvgIpc) is 3.19. The number of rotatable bonds is 6. The first-order chi connectivity index (χ1) is 16.6. The molecule has 34 heavy (non-hydrogen) atoms. The third kappa shape index (κ3) is 4.29. The van der Waals surface area contributed by atoms with Crippen LogP contribution in [0.5, 0.6) is 11.5 Å². The molecular formula is C26H22ClN3O3S. The lowest BCUT2D eigenvalue weighted by molar-refractivity contribution is -0.119. The molecule has 0 unspecified atom stereocenters. The largest absolute Gasteiger partial charge is 0.493 e. The Kier molecular flexibility index (Phi) is 6.30. The number of amides is 1. The molecule has 0 saturated heterocycles. The molecule has 2 heterocycles. The lowest BCUT2D eigenvalue weighted by atomic mass is 10.0. The van der Waals surface area contributed by atoms with Gasteiger partial charge < -0.3 is 9.47 Å². The van der Waals surface area contributed by atoms with Crippen molar-refractivity contribution in [1.29, 1.82) is 0 Å². The predicted molar refractivity (Wildman–Crippen MR) is 137 cm³/mol. The van der Waals surface area contributed by atoms with E-state index in [1.807, 2.05) is 71.6 Å². The van der Waals surface area contributed by atoms with Crippen LogP contribution in [0.1, 0.15) is 16.7 Å². The van der Waals surface area contributed by atoms with Crippen LogP contribution in [0.3, 0.4) is 0 Å². The topological polar surface area (TPSA) is 63.5 Å². The Labute approximate surface area is 207 Å². The van der Waals surface area contributed by atoms with Gasteiger partial charge in [0.05, 0.1) is 19.9 Å². The second-order valence-corrected chi connectivity index (χ2v) is 9.26. The zero-order valence-electron chi connectivity index (χ0n) is 18.7. The lowest BCUT2D eigenvalue weighted by Gasteiger charge is -2.31. The minimum absolute atomic E-state index is 0.179. The number of methoxy groups -OCH3 is 2. The Hall–Kier alpha value is -3.29. The number of hydrogen-bond acceptors (Lipinski definition) is 6. The van der Waals surface area contributed by atoms with E-state index >= 15 is 0 Å². The molecule has 8 heteroatoms. The molecule has 0 aromatic heterocycles. The summed E-state index contributed by atoms with van der Waals surface area (Å²) in [6.07, 6.45) is 0.538. The van der Waals surface area contributed by atoms with Gasteiger partial charge in [0.25, 0.3) is 5.91 Å². The number of hydrogen-bond donors (Lipinski definition) is 0. The molecule has 1 atom stereocenters. The van der Waals surface area contributed by atoms with Crippen molar-refractivity contribution in [2.75, 3.05) is 14.2 Å². The van der Waals surface area contributed by atoms with E-state index in [-0.39, 0.29) is 5.91 Å². The molecule has 0 bridgehead atoms. The van der Waals surface area contributed by atoms with Crippen LogP contribution in [0.15, 0.2) is 76.7 Å². The van der Waals surface area contributed by atoms with Crippen molar-refractivity contribution >= 4 is 46.0 Å². The Bertz CT molecular complexity index is 1290. The van der Waals surface area contributed by atoms with E-state index in [1.165, 1.54) is 0 Å². The number of ether oxygens (including phenoxy) is 2. The number of benzene rings is 3. The van der Waals surface area contributed by atoms with Crippen LogP contribution in [0.4, 0.5) is 5.69 Å². The second-order valence-electron chi connectivity index (χ2n) is 7.88. The van der Waals surface area contributed by atoms with Gasteiger partial charge in [-0.25, -0.2) is 4.99 Å². The number of amidine groups is 2. The standard InChI is InChI=1S/C26H22ClN3O3S/c1-32-22-13-19-20(14-23(22)33-2)28-26(34-15-17-8-10-18(27)11-9-17)30-21(25(31)29-24(19)30)12-16-6-4-3-5-7-16/h3-11,13-14,21H,12,15H2,1-2H3/t21-/m0/s1. The first kappa shape index (κ1) is 22.5. The lowest BCUT2D eigenvalue weighted by Crippen LogP contribution is -2.44. The van der Waals surface area contributed by atoms with Gasteiger partial charge in [-0.2, -0.15) is 4.99 Å². The molecule has 5 rings (SSSR count). The molecular weight excluding hydrogens is 470 g/mol. The van der Waals surface area contributed by atoms with Gasteiger partial charge in [-0.3, -0.25) is 9.69 Å². The zero-order valence-corrected chi connectivity index (χ0v) is 20.3. The molecule has 2 aliphatic heterocycles. The number of halogens is 1. The van der Waals surface area contributed by atoms with Gasteiger partial charge in [0, 0.05) is 28.8 Å². The molecule has 0 radical (unpaired) electrons. The highest BCUT2D eigenvalue weighted by atomic mass is 35.5. The fraction of sp³-hybridized carbons (Fsp3) is 0.192. The summed E-state index contributed by atoms with van der Waals surface area (Å²) < 4.78 is 11.0. The molecule has 1 amide bonds. The van der Waals surface area contributed by atoms with Gasteiger partial charge in [-0.15, -0.1) is 0 Å². The maximum absolute atomic E-state index is 13.1. The van der Waals surface area contributed by atoms with Crippen molar-refractivity contribution in [1.82, 2.24) is 4.90 Å². The maximum Gasteiger partial charge on any atom is 0.271 e. The van der Waals surface area contributed by atoms with E-state index in [1.54, 1.807) is 26.0 Å². The fourth-order valence-electron chi connectivity index (χ4n) is 4.05. The highest BCUT2D eigenvalue weighted by molar-refractivity contribution is 8.13. The van der Waals surface area contributed by atoms with Crippen molar-refractivity contribution in [2.45, 2.75) is 18.2 Å². The van der Waals surface area contributed by atoms with E-state index in [9.17, 15) is 4.79 Å². The Morgan fingerprint density at radius 1 is 0.941 bits per heavy atom. The first-order valence-corrected chi connectivity index (χ1v) is 12.1. The van der Waals surface area contributed by atoms with Crippen LogP contribution >= 0.6 is 23.4 Å². The Balaban J connectivity index is 1.55. The van der Waals surface area contributed by atoms with E-state index in [2.05, 4.69) is 4.99 Å². The molecule has 0 saturated carbocycles. The molecule has 0 N–H and O–H groups in total. The van der Waals surface area contributed by atoms with Crippen molar-refractivity contribution < 1.29 is 14.3 Å². The third-order valence-electron chi connectivity index (χ3n) is 5.76. The van der Waals surface area contributed by atoms with Gasteiger partial charge in [-0.1, -0.05) is 65.8 Å². The quantitative estimate of drug-likeness (QED) is 0.456. The van der Waals surface area contributed by atoms with Gasteiger partial charge in [-0.05, 0) is 29.3 Å². The number of carbonyl (C=O) groups excluding carboxylic acids is 1. The summed E-state index contributed by atoms with van der Waals surface area (Å²) in [6.45, 7) is 0. The summed E-state index contributed by atoms with van der Waals surface area (Å²) in [7, 11) is 3.17. The minimum Gasteiger partial charge on any atom is -0.493 e. The highest BCUT2D eigenvalue weighted by Crippen LogP contribution is 2.41. The van der Waals surface area contributed by atoms with Gasteiger partial charge in [0.15, 0.2) is 16.7 Å². The maximum atomic E-state index is 13.1. The SMILES string of the molecule is COc1cc2c(cc1OC)C1=NC(=O)[C@H](Cc3ccccc3)N1C(SCc1ccc(Cl)cc1)=N2. The summed E-state index contributed by atoms with van der Waals surface area (Å²) in [6, 6.07) is 20.9. The van der Waals surface area contributed by atoms with E-state index in [0.29, 0.717) is 40.2 Å². The van der Waals surface area contributed by atoms with E-state index < -0.39 is 6.04 Å². The number of nitrogens with zero attached hydrogens (tertiary/aromatic N) is 3. The third-order valence-corrected chi connectivity index (χ3v) is 7.03. The molecule has 2 aliphatic rings. The van der Waals surface area contributed by atoms with Crippen molar-refractivity contribution in [3.05, 3.63) is 88.4 Å². The molecule has 0 fully saturated rings. The van der Waals surface area contributed by atoms with E-state index in [0.717, 1.165) is 21.9 Å². The summed E-state index contributed by atoms with van der Waals surface area (Å²) in [5.74, 6) is 2.23. The summed E-state index contributed by atoms with van der Waals surface area (Å²) in [4.78, 5) is 24.5. The molecule has 0 aliphatic carbocycles. The fourth-order valence-corrected chi connectivity index (χ4v) is 5.18. The van der Waals surface area contributed by atoms with Crippen LogP contribution < -0.4 is 9.47 Å². The second kappa shape index (κ2) is 9.52. The van der Waals surface area contributed by atoms with Gasteiger partial charge >= 0.3 is 0 Å². The van der Waals surface area contributed by atoms with Gasteiger partial charge in [0.2, 0.25) is 0 Å². The normalized spacial score (nSPS) is 16.5. The van der Waals surface area contributed by atoms with Crippen LogP contribution in [0, 0.1) is 0 Å². The Morgan fingerprint density at radius 2 is 1.65 bits per heavy atom. The first-order valence-electron chi connectivity index (χ1n) is 10.8. The molecule has 6 nitrogen and oxygen atoms in total. The smallest absolute Gasteiger partial charge is 0.271 e.